The maximum atomic E-state index is 12.7. The van der Waals surface area contributed by atoms with Crippen molar-refractivity contribution < 1.29 is 9.59 Å². The Morgan fingerprint density at radius 3 is 2.73 bits per heavy atom. The molecule has 2 heterocycles. The molecule has 2 aliphatic rings. The van der Waals surface area contributed by atoms with Crippen LogP contribution in [0.15, 0.2) is 11.1 Å². The second kappa shape index (κ2) is 7.60. The maximum Gasteiger partial charge on any atom is 0.257 e. The van der Waals surface area contributed by atoms with Crippen molar-refractivity contribution in [1.29, 1.82) is 0 Å². The van der Waals surface area contributed by atoms with Crippen molar-refractivity contribution in [3.8, 4) is 0 Å². The van der Waals surface area contributed by atoms with Crippen LogP contribution < -0.4 is 5.56 Å². The zero-order valence-corrected chi connectivity index (χ0v) is 15.9. The lowest BCUT2D eigenvalue weighted by molar-refractivity contribution is -0.134. The van der Waals surface area contributed by atoms with Gasteiger partial charge in [-0.3, -0.25) is 19.0 Å². The van der Waals surface area contributed by atoms with Gasteiger partial charge in [0.1, 0.15) is 6.54 Å². The number of fused-ring (bicyclic) bond motifs is 1. The zero-order chi connectivity index (χ0) is 18.8. The van der Waals surface area contributed by atoms with E-state index in [-0.39, 0.29) is 30.0 Å². The van der Waals surface area contributed by atoms with Crippen LogP contribution in [0.5, 0.6) is 0 Å². The highest BCUT2D eigenvalue weighted by Gasteiger charge is 2.28. The first-order valence-corrected chi connectivity index (χ1v) is 9.47. The molecule has 0 bridgehead atoms. The van der Waals surface area contributed by atoms with Gasteiger partial charge < -0.3 is 9.80 Å². The number of hydrogen-bond acceptors (Lipinski definition) is 4. The first-order chi connectivity index (χ1) is 12.4. The van der Waals surface area contributed by atoms with Gasteiger partial charge in [0, 0.05) is 32.1 Å². The third kappa shape index (κ3) is 3.66. The van der Waals surface area contributed by atoms with E-state index in [1.54, 1.807) is 4.90 Å². The number of hydrogen-bond donors (Lipinski definition) is 0. The second-order valence-corrected chi connectivity index (χ2v) is 7.63. The molecule has 1 fully saturated rings. The summed E-state index contributed by atoms with van der Waals surface area (Å²) in [6, 6.07) is 0.252. The molecule has 2 atom stereocenters. The molecule has 2 unspecified atom stereocenters. The van der Waals surface area contributed by atoms with Crippen molar-refractivity contribution in [1.82, 2.24) is 19.4 Å². The van der Waals surface area contributed by atoms with Crippen LogP contribution in [0.1, 0.15) is 50.8 Å². The van der Waals surface area contributed by atoms with E-state index in [9.17, 15) is 14.4 Å². The van der Waals surface area contributed by atoms with Crippen molar-refractivity contribution in [2.75, 3.05) is 13.6 Å². The molecule has 26 heavy (non-hydrogen) atoms. The summed E-state index contributed by atoms with van der Waals surface area (Å²) in [6.07, 6.45) is 6.49. The highest BCUT2D eigenvalue weighted by atomic mass is 16.2. The number of likely N-dealkylation sites (N-methyl/N-ethyl adjacent to an activating group) is 1. The largest absolute Gasteiger partial charge is 0.341 e. The lowest BCUT2D eigenvalue weighted by Crippen LogP contribution is -2.45. The van der Waals surface area contributed by atoms with Gasteiger partial charge in [0.15, 0.2) is 0 Å². The van der Waals surface area contributed by atoms with Gasteiger partial charge in [-0.15, -0.1) is 0 Å². The number of rotatable bonds is 3. The van der Waals surface area contributed by atoms with Gasteiger partial charge >= 0.3 is 0 Å². The van der Waals surface area contributed by atoms with Gasteiger partial charge in [-0.2, -0.15) is 0 Å². The summed E-state index contributed by atoms with van der Waals surface area (Å²) >= 11 is 0. The minimum Gasteiger partial charge on any atom is -0.341 e. The summed E-state index contributed by atoms with van der Waals surface area (Å²) in [4.78, 5) is 44.8. The number of carbonyl (C=O) groups is 2. The Kier molecular flexibility index (Phi) is 5.44. The fourth-order valence-electron chi connectivity index (χ4n) is 4.16. The number of aromatic nitrogens is 2. The van der Waals surface area contributed by atoms with Crippen molar-refractivity contribution in [2.45, 2.75) is 65.1 Å². The molecule has 1 aliphatic heterocycles. The third-order valence-electron chi connectivity index (χ3n) is 5.90. The average Bonchev–Trinajstić information content (AvgIpc) is 2.63. The lowest BCUT2D eigenvalue weighted by atomic mass is 9.85. The number of amides is 2. The predicted octanol–water partition coefficient (Wildman–Crippen LogP) is 1.19. The molecule has 142 valence electrons. The molecule has 0 aromatic carbocycles. The van der Waals surface area contributed by atoms with Crippen LogP contribution in [-0.2, 0) is 29.1 Å². The minimum absolute atomic E-state index is 0.0139. The van der Waals surface area contributed by atoms with Crippen LogP contribution in [0, 0.1) is 5.92 Å². The third-order valence-corrected chi connectivity index (χ3v) is 5.90. The molecule has 2 amide bonds. The zero-order valence-electron chi connectivity index (χ0n) is 15.9. The molecule has 3 rings (SSSR count). The minimum atomic E-state index is -0.156. The summed E-state index contributed by atoms with van der Waals surface area (Å²) in [6.45, 7) is 4.63. The molecule has 1 aromatic rings. The van der Waals surface area contributed by atoms with E-state index in [1.807, 2.05) is 11.9 Å². The molecular formula is C19H28N4O3. The Morgan fingerprint density at radius 2 is 2.04 bits per heavy atom. The molecule has 0 saturated heterocycles. The fraction of sp³-hybridized carbons (Fsp3) is 0.684. The normalized spacial score (nSPS) is 22.7. The summed E-state index contributed by atoms with van der Waals surface area (Å²) in [5.41, 5.74) is 1.12. The Balaban J connectivity index is 1.73. The van der Waals surface area contributed by atoms with Crippen molar-refractivity contribution in [3.63, 3.8) is 0 Å². The summed E-state index contributed by atoms with van der Waals surface area (Å²) in [7, 11) is 1.84. The summed E-state index contributed by atoms with van der Waals surface area (Å²) in [5, 5.41) is 0. The highest BCUT2D eigenvalue weighted by molar-refractivity contribution is 5.76. The van der Waals surface area contributed by atoms with Crippen LogP contribution in [0.25, 0.3) is 0 Å². The second-order valence-electron chi connectivity index (χ2n) is 7.63. The Morgan fingerprint density at radius 1 is 1.31 bits per heavy atom. The predicted molar refractivity (Wildman–Crippen MR) is 97.5 cm³/mol. The molecule has 0 radical (unpaired) electrons. The van der Waals surface area contributed by atoms with Crippen molar-refractivity contribution >= 4 is 11.8 Å². The van der Waals surface area contributed by atoms with Gasteiger partial charge in [-0.25, -0.2) is 4.98 Å². The van der Waals surface area contributed by atoms with E-state index in [0.717, 1.165) is 19.3 Å². The molecule has 0 spiro atoms. The number of carbonyl (C=O) groups excluding carboxylic acids is 2. The topological polar surface area (TPSA) is 75.5 Å². The number of nitrogens with zero attached hydrogens (tertiary/aromatic N) is 4. The smallest absolute Gasteiger partial charge is 0.257 e. The highest BCUT2D eigenvalue weighted by Crippen LogP contribution is 2.27. The molecule has 7 nitrogen and oxygen atoms in total. The molecule has 7 heteroatoms. The standard InChI is InChI=1S/C19H28N4O3/c1-13-6-4-5-7-17(13)21(3)18(25)11-23-12-20-16-10-22(14(2)24)9-8-15(16)19(23)26/h12-13,17H,4-11H2,1-3H3. The van der Waals surface area contributed by atoms with Crippen LogP contribution in [0.4, 0.5) is 0 Å². The van der Waals surface area contributed by atoms with Crippen LogP contribution in [0.2, 0.25) is 0 Å². The molecule has 1 aliphatic carbocycles. The van der Waals surface area contributed by atoms with Gasteiger partial charge in [0.05, 0.1) is 18.6 Å². The van der Waals surface area contributed by atoms with Gasteiger partial charge in [-0.1, -0.05) is 19.8 Å². The summed E-state index contributed by atoms with van der Waals surface area (Å²) in [5.74, 6) is 0.433. The monoisotopic (exact) mass is 360 g/mol. The molecule has 1 saturated carbocycles. The van der Waals surface area contributed by atoms with E-state index in [1.165, 1.54) is 24.2 Å². The molecule has 0 N–H and O–H groups in total. The fourth-order valence-corrected chi connectivity index (χ4v) is 4.16. The first-order valence-electron chi connectivity index (χ1n) is 9.47. The maximum absolute atomic E-state index is 12.7. The van der Waals surface area contributed by atoms with Crippen molar-refractivity contribution in [2.24, 2.45) is 5.92 Å². The van der Waals surface area contributed by atoms with Crippen LogP contribution >= 0.6 is 0 Å². The van der Waals surface area contributed by atoms with E-state index >= 15 is 0 Å². The van der Waals surface area contributed by atoms with Crippen molar-refractivity contribution in [3.05, 3.63) is 27.9 Å². The average molecular weight is 360 g/mol. The Labute approximate surface area is 154 Å². The molecule has 1 aromatic heterocycles. The quantitative estimate of drug-likeness (QED) is 0.811. The SMILES string of the molecule is CC(=O)N1CCc2c(ncn(CC(=O)N(C)C3CCCCC3C)c2=O)C1. The Bertz CT molecular complexity index is 758. The lowest BCUT2D eigenvalue weighted by Gasteiger charge is -2.36. The van der Waals surface area contributed by atoms with E-state index < -0.39 is 0 Å². The molecular weight excluding hydrogens is 332 g/mol. The van der Waals surface area contributed by atoms with Gasteiger partial charge in [-0.05, 0) is 25.2 Å². The van der Waals surface area contributed by atoms with Crippen LogP contribution in [0.3, 0.4) is 0 Å². The first kappa shape index (κ1) is 18.6. The van der Waals surface area contributed by atoms with Gasteiger partial charge in [0.25, 0.3) is 5.56 Å². The van der Waals surface area contributed by atoms with Crippen LogP contribution in [-0.4, -0.2) is 50.8 Å². The van der Waals surface area contributed by atoms with Gasteiger partial charge in [0.2, 0.25) is 11.8 Å². The van der Waals surface area contributed by atoms with E-state index in [4.69, 9.17) is 0 Å². The Hall–Kier alpha value is -2.18. The van der Waals surface area contributed by atoms with E-state index in [0.29, 0.717) is 36.7 Å². The van der Waals surface area contributed by atoms with E-state index in [2.05, 4.69) is 11.9 Å². The summed E-state index contributed by atoms with van der Waals surface area (Å²) < 4.78 is 1.41.